The normalized spacial score (nSPS) is 14.3. The minimum absolute atomic E-state index is 0.0260. The van der Waals surface area contributed by atoms with Gasteiger partial charge in [-0.25, -0.2) is 17.1 Å². The van der Waals surface area contributed by atoms with Gasteiger partial charge in [0.1, 0.15) is 5.82 Å². The Kier molecular flexibility index (Phi) is 4.08. The Labute approximate surface area is 139 Å². The predicted octanol–water partition coefficient (Wildman–Crippen LogP) is 3.68. The summed E-state index contributed by atoms with van der Waals surface area (Å²) in [7, 11) is -0.775. The smallest absolute Gasteiger partial charge is 0.242 e. The van der Waals surface area contributed by atoms with E-state index in [2.05, 4.69) is 4.98 Å². The van der Waals surface area contributed by atoms with E-state index in [1.54, 1.807) is 0 Å². The quantitative estimate of drug-likeness (QED) is 0.914. The summed E-state index contributed by atoms with van der Waals surface area (Å²) in [6.45, 7) is 0. The van der Waals surface area contributed by atoms with Gasteiger partial charge in [0.2, 0.25) is 10.0 Å². The summed E-state index contributed by atoms with van der Waals surface area (Å²) < 4.78 is 39.9. The maximum absolute atomic E-state index is 14.3. The van der Waals surface area contributed by atoms with Crippen LogP contribution in [0.2, 0.25) is 5.02 Å². The Morgan fingerprint density at radius 3 is 2.70 bits per heavy atom. The summed E-state index contributed by atoms with van der Waals surface area (Å²) in [5.41, 5.74) is 2.35. The van der Waals surface area contributed by atoms with Gasteiger partial charge in [-0.15, -0.1) is 0 Å². The third-order valence-electron chi connectivity index (χ3n) is 3.89. The van der Waals surface area contributed by atoms with Gasteiger partial charge < -0.3 is 4.98 Å². The maximum Gasteiger partial charge on any atom is 0.242 e. The van der Waals surface area contributed by atoms with Gasteiger partial charge in [-0.3, -0.25) is 0 Å². The summed E-state index contributed by atoms with van der Waals surface area (Å²) in [6, 6.07) is 3.72. The van der Waals surface area contributed by atoms with Crippen molar-refractivity contribution in [3.63, 3.8) is 0 Å². The van der Waals surface area contributed by atoms with Gasteiger partial charge in [-0.1, -0.05) is 23.8 Å². The number of rotatable bonds is 3. The molecule has 0 fully saturated rings. The van der Waals surface area contributed by atoms with Gasteiger partial charge in [0.05, 0.1) is 15.6 Å². The molecule has 1 aromatic carbocycles. The average molecular weight is 355 g/mol. The zero-order valence-corrected chi connectivity index (χ0v) is 14.3. The molecule has 0 unspecified atom stereocenters. The molecule has 0 atom stereocenters. The van der Waals surface area contributed by atoms with E-state index in [9.17, 15) is 12.8 Å². The molecule has 0 bridgehead atoms. The van der Waals surface area contributed by atoms with E-state index in [-0.39, 0.29) is 10.5 Å². The second-order valence-corrected chi connectivity index (χ2v) is 8.11. The number of aromatic amines is 1. The first kappa shape index (κ1) is 16.2. The molecular weight excluding hydrogens is 339 g/mol. The molecule has 1 heterocycles. The first-order chi connectivity index (χ1) is 10.8. The van der Waals surface area contributed by atoms with E-state index in [4.69, 9.17) is 11.6 Å². The molecule has 0 aliphatic heterocycles. The Hall–Kier alpha value is -1.63. The van der Waals surface area contributed by atoms with Gasteiger partial charge in [0.25, 0.3) is 0 Å². The van der Waals surface area contributed by atoms with Crippen LogP contribution < -0.4 is 0 Å². The van der Waals surface area contributed by atoms with Gasteiger partial charge in [-0.2, -0.15) is 0 Å². The molecule has 0 saturated carbocycles. The Bertz CT molecular complexity index is 901. The van der Waals surface area contributed by atoms with Crippen LogP contribution in [0.5, 0.6) is 0 Å². The van der Waals surface area contributed by atoms with Gasteiger partial charge in [0.15, 0.2) is 0 Å². The molecule has 7 heteroatoms. The van der Waals surface area contributed by atoms with Gasteiger partial charge >= 0.3 is 0 Å². The summed E-state index contributed by atoms with van der Waals surface area (Å²) in [4.78, 5) is 3.16. The molecule has 0 radical (unpaired) electrons. The number of hydrogen-bond donors (Lipinski definition) is 1. The summed E-state index contributed by atoms with van der Waals surface area (Å²) in [6.07, 6.45) is 5.60. The fourth-order valence-corrected chi connectivity index (χ4v) is 3.85. The average Bonchev–Trinajstić information content (AvgIpc) is 2.85. The van der Waals surface area contributed by atoms with Gasteiger partial charge in [-0.05, 0) is 31.0 Å². The number of aromatic nitrogens is 1. The largest absolute Gasteiger partial charge is 0.357 e. The third-order valence-corrected chi connectivity index (χ3v) is 6.09. The molecule has 1 aliphatic rings. The number of H-pyrrole nitrogens is 1. The van der Waals surface area contributed by atoms with Crippen molar-refractivity contribution < 1.29 is 12.8 Å². The highest BCUT2D eigenvalue weighted by Crippen LogP contribution is 2.37. The molecule has 122 valence electrons. The number of sulfonamides is 1. The van der Waals surface area contributed by atoms with Crippen LogP contribution >= 0.6 is 11.6 Å². The van der Waals surface area contributed by atoms with E-state index in [0.717, 1.165) is 34.5 Å². The number of halogens is 2. The number of allylic oxidation sites excluding steroid dienone is 1. The van der Waals surface area contributed by atoms with Crippen LogP contribution in [0, 0.1) is 5.82 Å². The molecule has 23 heavy (non-hydrogen) atoms. The molecule has 0 amide bonds. The highest BCUT2D eigenvalue weighted by Gasteiger charge is 2.23. The zero-order valence-electron chi connectivity index (χ0n) is 12.7. The monoisotopic (exact) mass is 354 g/mol. The molecule has 1 N–H and O–H groups in total. The standard InChI is InChI=1S/C16H16ClFN2O2S/c1-20(2)23(21,22)10-7-8-13(18)12(9-10)16-15(17)11-5-3-4-6-14(11)19-16/h3,5,7-9,19H,4,6H2,1-2H3. The van der Waals surface area contributed by atoms with Crippen LogP contribution in [0.25, 0.3) is 17.3 Å². The van der Waals surface area contributed by atoms with Crippen molar-refractivity contribution in [1.82, 2.24) is 9.29 Å². The van der Waals surface area contributed by atoms with E-state index < -0.39 is 15.8 Å². The lowest BCUT2D eigenvalue weighted by atomic mass is 10.0. The highest BCUT2D eigenvalue weighted by molar-refractivity contribution is 7.89. The summed E-state index contributed by atoms with van der Waals surface area (Å²) in [5.74, 6) is -0.521. The lowest BCUT2D eigenvalue weighted by molar-refractivity contribution is 0.520. The second-order valence-electron chi connectivity index (χ2n) is 5.58. The lowest BCUT2D eigenvalue weighted by Gasteiger charge is -2.12. The fourth-order valence-electron chi connectivity index (χ4n) is 2.59. The van der Waals surface area contributed by atoms with Crippen molar-refractivity contribution in [1.29, 1.82) is 0 Å². The lowest BCUT2D eigenvalue weighted by Crippen LogP contribution is -2.22. The van der Waals surface area contributed by atoms with Crippen LogP contribution in [-0.4, -0.2) is 31.8 Å². The number of fused-ring (bicyclic) bond motifs is 1. The molecule has 3 rings (SSSR count). The van der Waals surface area contributed by atoms with Crippen LogP contribution in [0.15, 0.2) is 29.2 Å². The maximum atomic E-state index is 14.3. The molecule has 0 spiro atoms. The molecule has 2 aromatic rings. The Balaban J connectivity index is 2.18. The van der Waals surface area contributed by atoms with Crippen molar-refractivity contribution in [3.8, 4) is 11.3 Å². The van der Waals surface area contributed by atoms with Crippen molar-refractivity contribution in [2.75, 3.05) is 14.1 Å². The fraction of sp³-hybridized carbons (Fsp3) is 0.250. The second kappa shape index (κ2) is 5.78. The van der Waals surface area contributed by atoms with Crippen molar-refractivity contribution in [2.24, 2.45) is 0 Å². The van der Waals surface area contributed by atoms with E-state index in [1.165, 1.54) is 26.2 Å². The SMILES string of the molecule is CN(C)S(=O)(=O)c1ccc(F)c(-c2[nH]c3c(c2Cl)C=CCC3)c1. The van der Waals surface area contributed by atoms with E-state index in [0.29, 0.717) is 10.7 Å². The van der Waals surface area contributed by atoms with Gasteiger partial charge in [0, 0.05) is 30.9 Å². The van der Waals surface area contributed by atoms with Crippen LogP contribution in [0.4, 0.5) is 4.39 Å². The predicted molar refractivity (Wildman–Crippen MR) is 89.4 cm³/mol. The summed E-state index contributed by atoms with van der Waals surface area (Å²) >= 11 is 6.37. The van der Waals surface area contributed by atoms with Crippen LogP contribution in [0.1, 0.15) is 17.7 Å². The van der Waals surface area contributed by atoms with Crippen LogP contribution in [0.3, 0.4) is 0 Å². The van der Waals surface area contributed by atoms with Crippen molar-refractivity contribution in [2.45, 2.75) is 17.7 Å². The summed E-state index contributed by atoms with van der Waals surface area (Å²) in [5, 5.41) is 0.411. The first-order valence-electron chi connectivity index (χ1n) is 7.11. The number of aryl methyl sites for hydroxylation is 1. The number of nitrogens with one attached hydrogen (secondary N) is 1. The van der Waals surface area contributed by atoms with E-state index >= 15 is 0 Å². The minimum atomic E-state index is -3.64. The number of benzene rings is 1. The van der Waals surface area contributed by atoms with Crippen LogP contribution in [-0.2, 0) is 16.4 Å². The number of nitrogens with zero attached hydrogens (tertiary/aromatic N) is 1. The molecule has 0 saturated heterocycles. The molecule has 1 aliphatic carbocycles. The Morgan fingerprint density at radius 2 is 2.04 bits per heavy atom. The molecule has 4 nitrogen and oxygen atoms in total. The van der Waals surface area contributed by atoms with Crippen molar-refractivity contribution >= 4 is 27.7 Å². The number of hydrogen-bond acceptors (Lipinski definition) is 2. The topological polar surface area (TPSA) is 53.2 Å². The minimum Gasteiger partial charge on any atom is -0.357 e. The third kappa shape index (κ3) is 2.71. The zero-order chi connectivity index (χ0) is 16.8. The highest BCUT2D eigenvalue weighted by atomic mass is 35.5. The van der Waals surface area contributed by atoms with E-state index in [1.807, 2.05) is 12.2 Å². The van der Waals surface area contributed by atoms with Crippen molar-refractivity contribution in [3.05, 3.63) is 46.4 Å². The Morgan fingerprint density at radius 1 is 1.30 bits per heavy atom. The molecule has 1 aromatic heterocycles. The molecular formula is C16H16ClFN2O2S. The first-order valence-corrected chi connectivity index (χ1v) is 8.93.